The Kier molecular flexibility index (Phi) is 4.13. The second-order valence-corrected chi connectivity index (χ2v) is 5.41. The van der Waals surface area contributed by atoms with Gasteiger partial charge in [0.2, 0.25) is 5.91 Å². The Bertz CT molecular complexity index is 379. The van der Waals surface area contributed by atoms with Crippen LogP contribution in [0.25, 0.3) is 0 Å². The van der Waals surface area contributed by atoms with E-state index in [0.717, 1.165) is 28.5 Å². The Labute approximate surface area is 105 Å². The first-order valence-electron chi connectivity index (χ1n) is 5.42. The molecule has 0 heterocycles. The summed E-state index contributed by atoms with van der Waals surface area (Å²) >= 11 is 7.64. The first kappa shape index (κ1) is 11.8. The fourth-order valence-corrected chi connectivity index (χ4v) is 2.53. The van der Waals surface area contributed by atoms with Gasteiger partial charge in [0.15, 0.2) is 0 Å². The van der Waals surface area contributed by atoms with Gasteiger partial charge in [0.1, 0.15) is 0 Å². The lowest BCUT2D eigenvalue weighted by Gasteiger charge is -2.04. The van der Waals surface area contributed by atoms with Crippen LogP contribution in [0.3, 0.4) is 0 Å². The molecular formula is C12H14ClNOS. The van der Waals surface area contributed by atoms with E-state index in [1.807, 2.05) is 24.3 Å². The lowest BCUT2D eigenvalue weighted by atomic mass is 10.4. The van der Waals surface area contributed by atoms with E-state index in [2.05, 4.69) is 5.32 Å². The van der Waals surface area contributed by atoms with Gasteiger partial charge in [0, 0.05) is 23.1 Å². The van der Waals surface area contributed by atoms with Crippen molar-refractivity contribution in [3.8, 4) is 0 Å². The first-order chi connectivity index (χ1) is 7.75. The average molecular weight is 256 g/mol. The quantitative estimate of drug-likeness (QED) is 0.820. The molecule has 0 atom stereocenters. The van der Waals surface area contributed by atoms with Gasteiger partial charge >= 0.3 is 0 Å². The largest absolute Gasteiger partial charge is 0.353 e. The fourth-order valence-electron chi connectivity index (χ4n) is 1.34. The highest BCUT2D eigenvalue weighted by molar-refractivity contribution is 7.99. The molecule has 1 aliphatic rings. The molecule has 1 aromatic rings. The lowest BCUT2D eigenvalue weighted by molar-refractivity contribution is -0.120. The minimum Gasteiger partial charge on any atom is -0.353 e. The van der Waals surface area contributed by atoms with Gasteiger partial charge in [0.25, 0.3) is 0 Å². The number of nitrogens with one attached hydrogen (secondary N) is 1. The molecule has 1 aliphatic carbocycles. The van der Waals surface area contributed by atoms with Crippen molar-refractivity contribution in [2.24, 2.45) is 0 Å². The number of hydrogen-bond acceptors (Lipinski definition) is 2. The lowest BCUT2D eigenvalue weighted by Crippen LogP contribution is -2.25. The van der Waals surface area contributed by atoms with Crippen LogP contribution >= 0.6 is 23.4 Å². The van der Waals surface area contributed by atoms with Gasteiger partial charge in [-0.1, -0.05) is 23.7 Å². The van der Waals surface area contributed by atoms with E-state index >= 15 is 0 Å². The minimum atomic E-state index is 0.155. The predicted molar refractivity (Wildman–Crippen MR) is 68.0 cm³/mol. The molecule has 4 heteroatoms. The maximum atomic E-state index is 11.4. The van der Waals surface area contributed by atoms with Crippen LogP contribution in [0.4, 0.5) is 0 Å². The molecule has 0 bridgehead atoms. The third kappa shape index (κ3) is 3.72. The molecule has 2 rings (SSSR count). The molecule has 0 aromatic heterocycles. The number of amides is 1. The summed E-state index contributed by atoms with van der Waals surface area (Å²) in [5, 5.41) is 3.73. The highest BCUT2D eigenvalue weighted by Gasteiger charge is 2.22. The van der Waals surface area contributed by atoms with Crippen molar-refractivity contribution in [1.29, 1.82) is 0 Å². The number of carbonyl (C=O) groups is 1. The van der Waals surface area contributed by atoms with E-state index in [0.29, 0.717) is 12.5 Å². The summed E-state index contributed by atoms with van der Waals surface area (Å²) in [5.74, 6) is 0.935. The smallest absolute Gasteiger partial charge is 0.221 e. The van der Waals surface area contributed by atoms with Crippen LogP contribution in [0.15, 0.2) is 29.2 Å². The third-order valence-corrected chi connectivity index (χ3v) is 3.88. The van der Waals surface area contributed by atoms with Crippen LogP contribution in [-0.4, -0.2) is 17.7 Å². The van der Waals surface area contributed by atoms with Gasteiger partial charge in [-0.2, -0.15) is 0 Å². The van der Waals surface area contributed by atoms with Crippen molar-refractivity contribution in [3.63, 3.8) is 0 Å². The van der Waals surface area contributed by atoms with Crippen LogP contribution < -0.4 is 5.32 Å². The monoisotopic (exact) mass is 255 g/mol. The Balaban J connectivity index is 1.70. The van der Waals surface area contributed by atoms with Crippen LogP contribution in [0.5, 0.6) is 0 Å². The van der Waals surface area contributed by atoms with Gasteiger partial charge < -0.3 is 5.32 Å². The number of halogens is 1. The number of thioether (sulfide) groups is 1. The van der Waals surface area contributed by atoms with E-state index in [1.54, 1.807) is 11.8 Å². The summed E-state index contributed by atoms with van der Waals surface area (Å²) in [6, 6.07) is 8.17. The Morgan fingerprint density at radius 1 is 1.44 bits per heavy atom. The van der Waals surface area contributed by atoms with Gasteiger partial charge in [-0.15, -0.1) is 11.8 Å². The normalized spacial score (nSPS) is 14.8. The zero-order valence-corrected chi connectivity index (χ0v) is 10.5. The number of rotatable bonds is 5. The van der Waals surface area contributed by atoms with E-state index < -0.39 is 0 Å². The van der Waals surface area contributed by atoms with E-state index in [1.165, 1.54) is 0 Å². The molecular weight excluding hydrogens is 242 g/mol. The molecule has 0 spiro atoms. The van der Waals surface area contributed by atoms with Crippen LogP contribution in [0, 0.1) is 0 Å². The summed E-state index contributed by atoms with van der Waals surface area (Å²) in [7, 11) is 0. The van der Waals surface area contributed by atoms with Gasteiger partial charge in [-0.3, -0.25) is 4.79 Å². The van der Waals surface area contributed by atoms with Gasteiger partial charge in [-0.25, -0.2) is 0 Å². The zero-order chi connectivity index (χ0) is 11.4. The summed E-state index contributed by atoms with van der Waals surface area (Å²) in [6.45, 7) is 0. The van der Waals surface area contributed by atoms with E-state index in [4.69, 9.17) is 11.6 Å². The molecule has 0 aliphatic heterocycles. The van der Waals surface area contributed by atoms with Crippen molar-refractivity contribution in [3.05, 3.63) is 29.3 Å². The molecule has 1 aromatic carbocycles. The average Bonchev–Trinajstić information content (AvgIpc) is 3.05. The molecule has 1 N–H and O–H groups in total. The SMILES string of the molecule is O=C(CCSc1ccccc1Cl)NC1CC1. The fraction of sp³-hybridized carbons (Fsp3) is 0.417. The summed E-state index contributed by atoms with van der Waals surface area (Å²) in [6.07, 6.45) is 2.85. The molecule has 2 nitrogen and oxygen atoms in total. The molecule has 86 valence electrons. The molecule has 1 amide bonds. The summed E-state index contributed by atoms with van der Waals surface area (Å²) in [5.41, 5.74) is 0. The minimum absolute atomic E-state index is 0.155. The topological polar surface area (TPSA) is 29.1 Å². The first-order valence-corrected chi connectivity index (χ1v) is 6.79. The van der Waals surface area contributed by atoms with Gasteiger partial charge in [-0.05, 0) is 25.0 Å². The van der Waals surface area contributed by atoms with Crippen molar-refractivity contribution in [2.75, 3.05) is 5.75 Å². The summed E-state index contributed by atoms with van der Waals surface area (Å²) in [4.78, 5) is 12.5. The Morgan fingerprint density at radius 3 is 2.88 bits per heavy atom. The van der Waals surface area contributed by atoms with Crippen LogP contribution in [0.1, 0.15) is 19.3 Å². The summed E-state index contributed by atoms with van der Waals surface area (Å²) < 4.78 is 0. The third-order valence-electron chi connectivity index (χ3n) is 2.37. The second-order valence-electron chi connectivity index (χ2n) is 3.87. The van der Waals surface area contributed by atoms with Gasteiger partial charge in [0.05, 0.1) is 5.02 Å². The number of hydrogen-bond donors (Lipinski definition) is 1. The van der Waals surface area contributed by atoms with Crippen molar-refractivity contribution in [1.82, 2.24) is 5.32 Å². The number of carbonyl (C=O) groups excluding carboxylic acids is 1. The molecule has 0 radical (unpaired) electrons. The molecule has 1 fully saturated rings. The molecule has 0 unspecified atom stereocenters. The number of benzene rings is 1. The standard InChI is InChI=1S/C12H14ClNOS/c13-10-3-1-2-4-11(10)16-8-7-12(15)14-9-5-6-9/h1-4,9H,5-8H2,(H,14,15). The van der Waals surface area contributed by atoms with Crippen LogP contribution in [0.2, 0.25) is 5.02 Å². The predicted octanol–water partition coefficient (Wildman–Crippen LogP) is 3.10. The van der Waals surface area contributed by atoms with Crippen LogP contribution in [-0.2, 0) is 4.79 Å². The highest BCUT2D eigenvalue weighted by atomic mass is 35.5. The Morgan fingerprint density at radius 2 is 2.19 bits per heavy atom. The second kappa shape index (κ2) is 5.60. The maximum absolute atomic E-state index is 11.4. The molecule has 1 saturated carbocycles. The Hall–Kier alpha value is -0.670. The van der Waals surface area contributed by atoms with E-state index in [9.17, 15) is 4.79 Å². The maximum Gasteiger partial charge on any atom is 0.221 e. The molecule has 16 heavy (non-hydrogen) atoms. The van der Waals surface area contributed by atoms with Crippen molar-refractivity contribution in [2.45, 2.75) is 30.2 Å². The van der Waals surface area contributed by atoms with Crippen molar-refractivity contribution >= 4 is 29.3 Å². The highest BCUT2D eigenvalue weighted by Crippen LogP contribution is 2.27. The van der Waals surface area contributed by atoms with Crippen molar-refractivity contribution < 1.29 is 4.79 Å². The van der Waals surface area contributed by atoms with E-state index in [-0.39, 0.29) is 5.91 Å². The molecule has 0 saturated heterocycles. The zero-order valence-electron chi connectivity index (χ0n) is 8.91.